The Morgan fingerprint density at radius 3 is 2.62 bits per heavy atom. The van der Waals surface area contributed by atoms with E-state index in [-0.39, 0.29) is 11.9 Å². The zero-order chi connectivity index (χ0) is 17.5. The molecular formula is C17H16F3N3O. The lowest BCUT2D eigenvalue weighted by atomic mass is 9.98. The number of nitrogens with two attached hydrogens (primary N) is 2. The van der Waals surface area contributed by atoms with Crippen LogP contribution in [-0.2, 0) is 12.6 Å². The average Bonchev–Trinajstić information content (AvgIpc) is 2.95. The van der Waals surface area contributed by atoms with Gasteiger partial charge in [0.2, 0.25) is 0 Å². The van der Waals surface area contributed by atoms with Gasteiger partial charge in [-0.25, -0.2) is 0 Å². The molecule has 2 aromatic rings. The standard InChI is InChI=1S/C17H16F3N3O/c1-9-4-10(6-12(5-9)16(21)23-22)15-8-11-7-13(17(18,19)20)2-3-14(11)24-15/h2-7,15H,8,22H2,1H3,(H2,21,23). The Balaban J connectivity index is 1.92. The van der Waals surface area contributed by atoms with Gasteiger partial charge in [-0.15, -0.1) is 0 Å². The van der Waals surface area contributed by atoms with E-state index >= 15 is 0 Å². The highest BCUT2D eigenvalue weighted by atomic mass is 19.4. The monoisotopic (exact) mass is 335 g/mol. The number of nitrogens with zero attached hydrogens (tertiary/aromatic N) is 1. The summed E-state index contributed by atoms with van der Waals surface area (Å²) in [5.41, 5.74) is 8.02. The number of halogens is 3. The van der Waals surface area contributed by atoms with Crippen molar-refractivity contribution in [2.45, 2.75) is 25.6 Å². The molecule has 24 heavy (non-hydrogen) atoms. The normalized spacial score (nSPS) is 17.5. The maximum atomic E-state index is 12.8. The molecule has 0 aromatic heterocycles. The summed E-state index contributed by atoms with van der Waals surface area (Å²) < 4.78 is 44.3. The largest absolute Gasteiger partial charge is 0.485 e. The molecule has 1 aliphatic rings. The summed E-state index contributed by atoms with van der Waals surface area (Å²) >= 11 is 0. The summed E-state index contributed by atoms with van der Waals surface area (Å²) in [7, 11) is 0. The fourth-order valence-electron chi connectivity index (χ4n) is 2.83. The molecule has 0 saturated carbocycles. The van der Waals surface area contributed by atoms with Gasteiger partial charge in [-0.05, 0) is 53.9 Å². The molecule has 2 aromatic carbocycles. The highest BCUT2D eigenvalue weighted by Crippen LogP contribution is 2.40. The summed E-state index contributed by atoms with van der Waals surface area (Å²) in [4.78, 5) is 0. The fraction of sp³-hybridized carbons (Fsp3) is 0.235. The van der Waals surface area contributed by atoms with Crippen molar-refractivity contribution in [1.29, 1.82) is 0 Å². The summed E-state index contributed by atoms with van der Waals surface area (Å²) in [6.07, 6.45) is -4.37. The third-order valence-corrected chi connectivity index (χ3v) is 3.97. The molecule has 0 amide bonds. The molecule has 1 unspecified atom stereocenters. The van der Waals surface area contributed by atoms with Crippen LogP contribution in [0.25, 0.3) is 0 Å². The van der Waals surface area contributed by atoms with E-state index in [4.69, 9.17) is 16.3 Å². The van der Waals surface area contributed by atoms with Crippen LogP contribution in [0.3, 0.4) is 0 Å². The van der Waals surface area contributed by atoms with E-state index in [1.54, 1.807) is 6.07 Å². The first-order chi connectivity index (χ1) is 11.3. The maximum absolute atomic E-state index is 12.8. The fourth-order valence-corrected chi connectivity index (χ4v) is 2.83. The van der Waals surface area contributed by atoms with E-state index in [0.717, 1.165) is 23.3 Å². The zero-order valence-corrected chi connectivity index (χ0v) is 12.9. The molecule has 0 aliphatic carbocycles. The second-order valence-corrected chi connectivity index (χ2v) is 5.78. The Labute approximate surface area is 136 Å². The number of benzene rings is 2. The number of alkyl halides is 3. The predicted octanol–water partition coefficient (Wildman–Crippen LogP) is 3.27. The first-order valence-electron chi connectivity index (χ1n) is 7.30. The SMILES string of the molecule is Cc1cc(/C(N)=N/N)cc(C2Cc3cc(C(F)(F)F)ccc3O2)c1. The number of ether oxygens (including phenoxy) is 1. The van der Waals surface area contributed by atoms with Gasteiger partial charge in [0.15, 0.2) is 0 Å². The Morgan fingerprint density at radius 1 is 1.21 bits per heavy atom. The first kappa shape index (κ1) is 16.2. The molecule has 1 atom stereocenters. The van der Waals surface area contributed by atoms with E-state index in [9.17, 15) is 13.2 Å². The average molecular weight is 335 g/mol. The van der Waals surface area contributed by atoms with Gasteiger partial charge < -0.3 is 16.3 Å². The maximum Gasteiger partial charge on any atom is 0.416 e. The molecule has 0 fully saturated rings. The highest BCUT2D eigenvalue weighted by molar-refractivity contribution is 5.97. The van der Waals surface area contributed by atoms with Gasteiger partial charge in [0.25, 0.3) is 0 Å². The molecule has 0 bridgehead atoms. The molecule has 126 valence electrons. The van der Waals surface area contributed by atoms with Gasteiger partial charge in [0.1, 0.15) is 17.7 Å². The van der Waals surface area contributed by atoms with Crippen LogP contribution in [0.5, 0.6) is 5.75 Å². The molecule has 7 heteroatoms. The van der Waals surface area contributed by atoms with E-state index in [2.05, 4.69) is 5.10 Å². The quantitative estimate of drug-likeness (QED) is 0.383. The molecule has 0 spiro atoms. The van der Waals surface area contributed by atoms with Crippen molar-refractivity contribution in [3.63, 3.8) is 0 Å². The van der Waals surface area contributed by atoms with Gasteiger partial charge in [-0.2, -0.15) is 18.3 Å². The lowest BCUT2D eigenvalue weighted by Gasteiger charge is -2.13. The second kappa shape index (κ2) is 5.74. The van der Waals surface area contributed by atoms with Gasteiger partial charge in [-0.3, -0.25) is 0 Å². The van der Waals surface area contributed by atoms with Crippen LogP contribution < -0.4 is 16.3 Å². The molecule has 0 radical (unpaired) electrons. The van der Waals surface area contributed by atoms with E-state index < -0.39 is 11.7 Å². The van der Waals surface area contributed by atoms with Crippen LogP contribution in [0, 0.1) is 6.92 Å². The summed E-state index contributed by atoms with van der Waals surface area (Å²) in [5.74, 6) is 5.87. The van der Waals surface area contributed by atoms with Crippen molar-refractivity contribution in [2.24, 2.45) is 16.7 Å². The van der Waals surface area contributed by atoms with Crippen LogP contribution in [-0.4, -0.2) is 5.84 Å². The van der Waals surface area contributed by atoms with Crippen LogP contribution in [0.2, 0.25) is 0 Å². The van der Waals surface area contributed by atoms with Crippen LogP contribution in [0.4, 0.5) is 13.2 Å². The molecule has 1 aliphatic heterocycles. The summed E-state index contributed by atoms with van der Waals surface area (Å²) in [5, 5.41) is 3.47. The first-order valence-corrected chi connectivity index (χ1v) is 7.30. The molecular weight excluding hydrogens is 319 g/mol. The smallest absolute Gasteiger partial charge is 0.416 e. The summed E-state index contributed by atoms with van der Waals surface area (Å²) in [6, 6.07) is 9.07. The van der Waals surface area contributed by atoms with Crippen LogP contribution in [0.1, 0.15) is 33.9 Å². The predicted molar refractivity (Wildman–Crippen MR) is 84.6 cm³/mol. The van der Waals surface area contributed by atoms with Gasteiger partial charge >= 0.3 is 6.18 Å². The third kappa shape index (κ3) is 3.02. The van der Waals surface area contributed by atoms with Crippen molar-refractivity contribution in [3.8, 4) is 5.75 Å². The van der Waals surface area contributed by atoms with E-state index in [1.165, 1.54) is 6.07 Å². The summed E-state index contributed by atoms with van der Waals surface area (Å²) in [6.45, 7) is 1.89. The Kier molecular flexibility index (Phi) is 3.87. The minimum Gasteiger partial charge on any atom is -0.485 e. The zero-order valence-electron chi connectivity index (χ0n) is 12.9. The van der Waals surface area contributed by atoms with Crippen molar-refractivity contribution < 1.29 is 17.9 Å². The number of amidine groups is 1. The Morgan fingerprint density at radius 2 is 1.96 bits per heavy atom. The number of aryl methyl sites for hydroxylation is 1. The van der Waals surface area contributed by atoms with Crippen LogP contribution in [0.15, 0.2) is 41.5 Å². The molecule has 4 nitrogen and oxygen atoms in total. The Bertz CT molecular complexity index is 815. The molecule has 4 N–H and O–H groups in total. The molecule has 3 rings (SSSR count). The van der Waals surface area contributed by atoms with Crippen molar-refractivity contribution in [3.05, 3.63) is 64.2 Å². The molecule has 0 saturated heterocycles. The molecule has 1 heterocycles. The minimum atomic E-state index is -4.37. The third-order valence-electron chi connectivity index (χ3n) is 3.97. The topological polar surface area (TPSA) is 73.6 Å². The van der Waals surface area contributed by atoms with Gasteiger partial charge in [0, 0.05) is 12.0 Å². The Hall–Kier alpha value is -2.70. The van der Waals surface area contributed by atoms with Gasteiger partial charge in [-0.1, -0.05) is 6.07 Å². The number of hydrogen-bond donors (Lipinski definition) is 2. The minimum absolute atomic E-state index is 0.190. The second-order valence-electron chi connectivity index (χ2n) is 5.78. The highest BCUT2D eigenvalue weighted by Gasteiger charge is 2.33. The van der Waals surface area contributed by atoms with Crippen molar-refractivity contribution >= 4 is 5.84 Å². The van der Waals surface area contributed by atoms with E-state index in [1.807, 2.05) is 19.1 Å². The van der Waals surface area contributed by atoms with Gasteiger partial charge in [0.05, 0.1) is 5.56 Å². The number of hydrazone groups is 1. The van der Waals surface area contributed by atoms with Crippen LogP contribution >= 0.6 is 0 Å². The number of rotatable bonds is 2. The number of fused-ring (bicyclic) bond motifs is 1. The number of hydrogen-bond acceptors (Lipinski definition) is 3. The lowest BCUT2D eigenvalue weighted by Crippen LogP contribution is -2.16. The lowest BCUT2D eigenvalue weighted by molar-refractivity contribution is -0.137. The van der Waals surface area contributed by atoms with E-state index in [0.29, 0.717) is 23.3 Å². The van der Waals surface area contributed by atoms with Crippen molar-refractivity contribution in [2.75, 3.05) is 0 Å². The van der Waals surface area contributed by atoms with Crippen molar-refractivity contribution in [1.82, 2.24) is 0 Å².